The van der Waals surface area contributed by atoms with Crippen LogP contribution in [0.15, 0.2) is 34.9 Å². The van der Waals surface area contributed by atoms with Crippen molar-refractivity contribution in [1.82, 2.24) is 25.3 Å². The van der Waals surface area contributed by atoms with Gasteiger partial charge in [-0.05, 0) is 25.3 Å². The zero-order valence-electron chi connectivity index (χ0n) is 17.2. The monoisotopic (exact) mass is 397 g/mol. The van der Waals surface area contributed by atoms with E-state index in [1.54, 1.807) is 0 Å². The summed E-state index contributed by atoms with van der Waals surface area (Å²) in [5, 5.41) is 7.34. The Hall–Kier alpha value is -2.25. The van der Waals surface area contributed by atoms with Gasteiger partial charge in [0.1, 0.15) is 0 Å². The topological polar surface area (TPSA) is 74.5 Å². The molecule has 0 spiro atoms. The summed E-state index contributed by atoms with van der Waals surface area (Å²) >= 11 is 0. The molecule has 0 radical (unpaired) electrons. The van der Waals surface area contributed by atoms with Crippen molar-refractivity contribution in [3.63, 3.8) is 0 Å². The van der Waals surface area contributed by atoms with Crippen molar-refractivity contribution in [3.05, 3.63) is 47.6 Å². The van der Waals surface area contributed by atoms with Gasteiger partial charge in [-0.1, -0.05) is 48.3 Å². The number of benzene rings is 1. The van der Waals surface area contributed by atoms with E-state index in [2.05, 4.69) is 44.3 Å². The highest BCUT2D eigenvalue weighted by Gasteiger charge is 2.27. The van der Waals surface area contributed by atoms with Gasteiger partial charge in [-0.3, -0.25) is 14.6 Å². The van der Waals surface area contributed by atoms with Crippen molar-refractivity contribution < 1.29 is 9.32 Å². The third kappa shape index (κ3) is 5.42. The summed E-state index contributed by atoms with van der Waals surface area (Å²) in [6.07, 6.45) is 5.43. The lowest BCUT2D eigenvalue weighted by Gasteiger charge is -2.36. The molecule has 2 aliphatic rings. The van der Waals surface area contributed by atoms with Gasteiger partial charge in [0.2, 0.25) is 11.8 Å². The van der Waals surface area contributed by atoms with Crippen LogP contribution in [-0.2, 0) is 11.2 Å². The second-order valence-corrected chi connectivity index (χ2v) is 8.25. The Labute approximate surface area is 172 Å². The highest BCUT2D eigenvalue weighted by molar-refractivity contribution is 5.78. The Balaban J connectivity index is 1.23. The van der Waals surface area contributed by atoms with Crippen molar-refractivity contribution in [2.24, 2.45) is 0 Å². The zero-order valence-corrected chi connectivity index (χ0v) is 17.2. The van der Waals surface area contributed by atoms with Gasteiger partial charge >= 0.3 is 0 Å². The van der Waals surface area contributed by atoms with Crippen molar-refractivity contribution >= 4 is 5.91 Å². The molecule has 0 bridgehead atoms. The minimum atomic E-state index is 0.0847. The predicted octanol–water partition coefficient (Wildman–Crippen LogP) is 2.40. The number of carbonyl (C=O) groups excluding carboxylic acids is 1. The molecule has 156 valence electrons. The number of nitrogens with zero attached hydrogens (tertiary/aromatic N) is 4. The highest BCUT2D eigenvalue weighted by Crippen LogP contribution is 2.21. The number of aromatic nitrogens is 2. The van der Waals surface area contributed by atoms with Crippen LogP contribution in [0.25, 0.3) is 0 Å². The van der Waals surface area contributed by atoms with Crippen molar-refractivity contribution in [3.8, 4) is 0 Å². The maximum absolute atomic E-state index is 12.3. The largest absolute Gasteiger partial charge is 0.352 e. The van der Waals surface area contributed by atoms with Gasteiger partial charge in [0.25, 0.3) is 0 Å². The Kier molecular flexibility index (Phi) is 6.56. The van der Waals surface area contributed by atoms with E-state index in [0.717, 1.165) is 44.8 Å². The first-order chi connectivity index (χ1) is 14.2. The molecule has 2 fully saturated rings. The highest BCUT2D eigenvalue weighted by atomic mass is 16.5. The first-order valence-electron chi connectivity index (χ1n) is 10.8. The molecule has 1 N–H and O–H groups in total. The van der Waals surface area contributed by atoms with Crippen molar-refractivity contribution in [2.75, 3.05) is 32.7 Å². The summed E-state index contributed by atoms with van der Waals surface area (Å²) < 4.78 is 5.54. The maximum Gasteiger partial charge on any atom is 0.243 e. The zero-order chi connectivity index (χ0) is 20.1. The van der Waals surface area contributed by atoms with Crippen molar-refractivity contribution in [2.45, 2.75) is 51.1 Å². The second kappa shape index (κ2) is 9.50. The van der Waals surface area contributed by atoms with Crippen LogP contribution in [0.2, 0.25) is 0 Å². The molecule has 29 heavy (non-hydrogen) atoms. The number of amides is 1. The number of nitrogens with one attached hydrogen (secondary N) is 1. The SMILES string of the molecule is C[C@H](c1nc(Cc2ccccc2)no1)N1CCN(CC(=O)NC2CCCC2)CC1. The third-order valence-electron chi connectivity index (χ3n) is 6.09. The standard InChI is InChI=1S/C22H31N5O2/c1-17(22-24-20(25-29-22)15-18-7-3-2-4-8-18)27-13-11-26(12-14-27)16-21(28)23-19-9-5-6-10-19/h2-4,7-8,17,19H,5-6,9-16H2,1H3,(H,23,28)/t17-/m1/s1. The molecule has 1 aromatic heterocycles. The number of hydrogen-bond acceptors (Lipinski definition) is 6. The molecule has 1 aromatic carbocycles. The molecule has 1 aliphatic carbocycles. The molecule has 1 atom stereocenters. The minimum absolute atomic E-state index is 0.0847. The van der Waals surface area contributed by atoms with Crippen LogP contribution in [0.3, 0.4) is 0 Å². The Bertz CT molecular complexity index is 780. The van der Waals surface area contributed by atoms with E-state index < -0.39 is 0 Å². The van der Waals surface area contributed by atoms with Gasteiger partial charge in [-0.2, -0.15) is 4.98 Å². The first kappa shape index (κ1) is 20.0. The Morgan fingerprint density at radius 3 is 2.62 bits per heavy atom. The molecule has 2 aromatic rings. The van der Waals surface area contributed by atoms with Crippen LogP contribution < -0.4 is 5.32 Å². The second-order valence-electron chi connectivity index (χ2n) is 8.25. The van der Waals surface area contributed by atoms with E-state index in [1.165, 1.54) is 18.4 Å². The predicted molar refractivity (Wildman–Crippen MR) is 110 cm³/mol. The summed E-state index contributed by atoms with van der Waals surface area (Å²) in [5.41, 5.74) is 1.18. The Morgan fingerprint density at radius 1 is 1.17 bits per heavy atom. The van der Waals surface area contributed by atoms with Crippen molar-refractivity contribution in [1.29, 1.82) is 0 Å². The normalized spacial score (nSPS) is 20.0. The number of piperazine rings is 1. The van der Waals surface area contributed by atoms with E-state index >= 15 is 0 Å². The molecule has 4 rings (SSSR count). The van der Waals surface area contributed by atoms with Crippen LogP contribution in [0.1, 0.15) is 55.9 Å². The molecule has 2 heterocycles. The molecular formula is C22H31N5O2. The fraction of sp³-hybridized carbons (Fsp3) is 0.591. The van der Waals surface area contributed by atoms with Gasteiger partial charge in [-0.15, -0.1) is 0 Å². The third-order valence-corrected chi connectivity index (χ3v) is 6.09. The van der Waals surface area contributed by atoms with E-state index in [4.69, 9.17) is 4.52 Å². The molecule has 0 unspecified atom stereocenters. The lowest BCUT2D eigenvalue weighted by atomic mass is 10.1. The molecule has 7 heteroatoms. The fourth-order valence-electron chi connectivity index (χ4n) is 4.30. The van der Waals surface area contributed by atoms with E-state index in [0.29, 0.717) is 24.9 Å². The quantitative estimate of drug-likeness (QED) is 0.773. The number of carbonyl (C=O) groups is 1. The summed E-state index contributed by atoms with van der Waals surface area (Å²) in [7, 11) is 0. The molecule has 1 amide bonds. The summed E-state index contributed by atoms with van der Waals surface area (Å²) in [4.78, 5) is 21.5. The fourth-order valence-corrected chi connectivity index (χ4v) is 4.30. The minimum Gasteiger partial charge on any atom is -0.352 e. The Morgan fingerprint density at radius 2 is 1.90 bits per heavy atom. The van der Waals surface area contributed by atoms with Crippen LogP contribution in [0, 0.1) is 0 Å². The van der Waals surface area contributed by atoms with E-state index in [-0.39, 0.29) is 11.9 Å². The lowest BCUT2D eigenvalue weighted by Crippen LogP contribution is -2.50. The molecule has 7 nitrogen and oxygen atoms in total. The average Bonchev–Trinajstić information content (AvgIpc) is 3.41. The average molecular weight is 398 g/mol. The van der Waals surface area contributed by atoms with Gasteiger partial charge in [0, 0.05) is 38.6 Å². The summed E-state index contributed by atoms with van der Waals surface area (Å²) in [5.74, 6) is 1.56. The van der Waals surface area contributed by atoms with E-state index in [9.17, 15) is 4.79 Å². The van der Waals surface area contributed by atoms with Gasteiger partial charge in [-0.25, -0.2) is 0 Å². The van der Waals surface area contributed by atoms with Crippen LogP contribution >= 0.6 is 0 Å². The number of rotatable bonds is 7. The smallest absolute Gasteiger partial charge is 0.243 e. The van der Waals surface area contributed by atoms with Gasteiger partial charge < -0.3 is 9.84 Å². The van der Waals surface area contributed by atoms with Gasteiger partial charge in [0.05, 0.1) is 12.6 Å². The van der Waals surface area contributed by atoms with Crippen LogP contribution in [0.4, 0.5) is 0 Å². The van der Waals surface area contributed by atoms with Gasteiger partial charge in [0.15, 0.2) is 5.82 Å². The summed E-state index contributed by atoms with van der Waals surface area (Å²) in [6, 6.07) is 10.7. The maximum atomic E-state index is 12.3. The van der Waals surface area contributed by atoms with Crippen LogP contribution in [-0.4, -0.2) is 64.6 Å². The molecule has 1 aliphatic heterocycles. The summed E-state index contributed by atoms with van der Waals surface area (Å²) in [6.45, 7) is 6.17. The molecule has 1 saturated heterocycles. The van der Waals surface area contributed by atoms with Crippen LogP contribution in [0.5, 0.6) is 0 Å². The van der Waals surface area contributed by atoms with E-state index in [1.807, 2.05) is 18.2 Å². The number of hydrogen-bond donors (Lipinski definition) is 1. The lowest BCUT2D eigenvalue weighted by molar-refractivity contribution is -0.123. The molecule has 1 saturated carbocycles. The first-order valence-corrected chi connectivity index (χ1v) is 10.8. The molecular weight excluding hydrogens is 366 g/mol.